The fourth-order valence-corrected chi connectivity index (χ4v) is 2.80. The topological polar surface area (TPSA) is 72.2 Å². The van der Waals surface area contributed by atoms with E-state index in [9.17, 15) is 9.59 Å². The molecule has 0 saturated carbocycles. The lowest BCUT2D eigenvalue weighted by molar-refractivity contribution is 0.0997. The normalized spacial score (nSPS) is 10.9. The molecule has 2 aromatic heterocycles. The molecule has 0 radical (unpaired) electrons. The van der Waals surface area contributed by atoms with Gasteiger partial charge in [-0.25, -0.2) is 0 Å². The molecule has 2 aromatic carbocycles. The summed E-state index contributed by atoms with van der Waals surface area (Å²) in [6, 6.07) is 15.0. The molecule has 6 heteroatoms. The van der Waals surface area contributed by atoms with Crippen molar-refractivity contribution >= 4 is 45.1 Å². The molecule has 0 aliphatic rings. The van der Waals surface area contributed by atoms with E-state index in [0.717, 1.165) is 11.5 Å². The van der Waals surface area contributed by atoms with E-state index in [2.05, 4.69) is 10.3 Å². The number of fused-ring (bicyclic) bond motifs is 2. The van der Waals surface area contributed by atoms with Crippen molar-refractivity contribution < 1.29 is 9.21 Å². The molecule has 0 bridgehead atoms. The van der Waals surface area contributed by atoms with Crippen molar-refractivity contribution in [2.24, 2.45) is 0 Å². The minimum atomic E-state index is -0.521. The molecule has 0 spiro atoms. The maximum Gasteiger partial charge on any atom is 0.291 e. The number of benzene rings is 2. The Kier molecular flexibility index (Phi) is 3.71. The maximum absolute atomic E-state index is 12.5. The third-order valence-electron chi connectivity index (χ3n) is 3.79. The molecular formula is C19H11ClN2O3. The Bertz CT molecular complexity index is 1180. The number of para-hydroxylation sites is 1. The Morgan fingerprint density at radius 1 is 1.08 bits per heavy atom. The molecule has 0 fully saturated rings. The van der Waals surface area contributed by atoms with Crippen LogP contribution >= 0.6 is 11.6 Å². The number of nitrogens with one attached hydrogen (secondary N) is 1. The number of rotatable bonds is 2. The van der Waals surface area contributed by atoms with Gasteiger partial charge in [-0.15, -0.1) is 0 Å². The smallest absolute Gasteiger partial charge is 0.291 e. The van der Waals surface area contributed by atoms with Gasteiger partial charge in [-0.05, 0) is 30.3 Å². The number of amides is 1. The number of aromatic nitrogens is 1. The SMILES string of the molecule is O=C(Nc1cccc2cccnc12)c1cc(=O)c2cc(Cl)ccc2o1. The summed E-state index contributed by atoms with van der Waals surface area (Å²) in [4.78, 5) is 29.0. The van der Waals surface area contributed by atoms with Crippen molar-refractivity contribution in [3.05, 3.63) is 81.8 Å². The lowest BCUT2D eigenvalue weighted by atomic mass is 10.2. The van der Waals surface area contributed by atoms with Crippen molar-refractivity contribution in [3.63, 3.8) is 0 Å². The van der Waals surface area contributed by atoms with E-state index in [-0.39, 0.29) is 11.2 Å². The third-order valence-corrected chi connectivity index (χ3v) is 4.03. The summed E-state index contributed by atoms with van der Waals surface area (Å²) >= 11 is 5.89. The summed E-state index contributed by atoms with van der Waals surface area (Å²) < 4.78 is 5.55. The van der Waals surface area contributed by atoms with Crippen LogP contribution in [0, 0.1) is 0 Å². The third kappa shape index (κ3) is 2.86. The van der Waals surface area contributed by atoms with Crippen LogP contribution in [0.25, 0.3) is 21.9 Å². The Morgan fingerprint density at radius 2 is 1.92 bits per heavy atom. The molecule has 25 heavy (non-hydrogen) atoms. The van der Waals surface area contributed by atoms with Crippen LogP contribution < -0.4 is 10.7 Å². The molecule has 5 nitrogen and oxygen atoms in total. The van der Waals surface area contributed by atoms with Crippen molar-refractivity contribution in [1.29, 1.82) is 0 Å². The molecule has 0 aliphatic carbocycles. The van der Waals surface area contributed by atoms with E-state index in [1.54, 1.807) is 24.4 Å². The number of nitrogens with zero attached hydrogens (tertiary/aromatic N) is 1. The number of pyridine rings is 1. The van der Waals surface area contributed by atoms with Crippen molar-refractivity contribution in [3.8, 4) is 0 Å². The van der Waals surface area contributed by atoms with Gasteiger partial charge in [-0.1, -0.05) is 29.8 Å². The van der Waals surface area contributed by atoms with Gasteiger partial charge in [0.15, 0.2) is 11.2 Å². The first-order chi connectivity index (χ1) is 12.1. The zero-order valence-electron chi connectivity index (χ0n) is 12.8. The fourth-order valence-electron chi connectivity index (χ4n) is 2.63. The highest BCUT2D eigenvalue weighted by Gasteiger charge is 2.14. The molecule has 0 unspecified atom stereocenters. The molecule has 0 aliphatic heterocycles. The molecule has 0 atom stereocenters. The number of anilines is 1. The van der Waals surface area contributed by atoms with Crippen molar-refractivity contribution in [2.75, 3.05) is 5.32 Å². The predicted octanol–water partition coefficient (Wildman–Crippen LogP) is 4.25. The quantitative estimate of drug-likeness (QED) is 0.586. The van der Waals surface area contributed by atoms with E-state index >= 15 is 0 Å². The van der Waals surface area contributed by atoms with E-state index < -0.39 is 5.91 Å². The molecule has 1 N–H and O–H groups in total. The summed E-state index contributed by atoms with van der Waals surface area (Å²) in [5.74, 6) is -0.597. The molecule has 0 saturated heterocycles. The lowest BCUT2D eigenvalue weighted by Gasteiger charge is -2.08. The fraction of sp³-hybridized carbons (Fsp3) is 0. The Morgan fingerprint density at radius 3 is 2.80 bits per heavy atom. The summed E-state index contributed by atoms with van der Waals surface area (Å²) in [6.07, 6.45) is 1.65. The lowest BCUT2D eigenvalue weighted by Crippen LogP contribution is -2.15. The van der Waals surface area contributed by atoms with Crippen molar-refractivity contribution in [1.82, 2.24) is 4.98 Å². The molecule has 4 rings (SSSR count). The second-order valence-corrected chi connectivity index (χ2v) is 5.89. The van der Waals surface area contributed by atoms with Crippen molar-refractivity contribution in [2.45, 2.75) is 0 Å². The highest BCUT2D eigenvalue weighted by Crippen LogP contribution is 2.22. The summed E-state index contributed by atoms with van der Waals surface area (Å²) in [6.45, 7) is 0. The average Bonchev–Trinajstić information content (AvgIpc) is 2.62. The Labute approximate surface area is 146 Å². The minimum Gasteiger partial charge on any atom is -0.451 e. The molecule has 4 aromatic rings. The molecule has 122 valence electrons. The van der Waals surface area contributed by atoms with E-state index in [4.69, 9.17) is 16.0 Å². The van der Waals surface area contributed by atoms with E-state index in [1.165, 1.54) is 6.07 Å². The van der Waals surface area contributed by atoms with E-state index in [1.807, 2.05) is 24.3 Å². The highest BCUT2D eigenvalue weighted by molar-refractivity contribution is 6.31. The minimum absolute atomic E-state index is 0.0762. The summed E-state index contributed by atoms with van der Waals surface area (Å²) in [5, 5.41) is 4.40. The first kappa shape index (κ1) is 15.4. The highest BCUT2D eigenvalue weighted by atomic mass is 35.5. The summed E-state index contributed by atoms with van der Waals surface area (Å²) in [5.41, 5.74) is 1.18. The Hall–Kier alpha value is -3.18. The molecule has 2 heterocycles. The van der Waals surface area contributed by atoms with Gasteiger partial charge in [0.25, 0.3) is 5.91 Å². The van der Waals surface area contributed by atoms with Gasteiger partial charge in [0.1, 0.15) is 5.58 Å². The predicted molar refractivity (Wildman–Crippen MR) is 97.2 cm³/mol. The van der Waals surface area contributed by atoms with E-state index in [0.29, 0.717) is 27.2 Å². The number of hydrogen-bond donors (Lipinski definition) is 1. The van der Waals surface area contributed by atoms with Crippen LogP contribution in [-0.4, -0.2) is 10.9 Å². The maximum atomic E-state index is 12.5. The zero-order valence-corrected chi connectivity index (χ0v) is 13.6. The first-order valence-corrected chi connectivity index (χ1v) is 7.88. The monoisotopic (exact) mass is 350 g/mol. The summed E-state index contributed by atoms with van der Waals surface area (Å²) in [7, 11) is 0. The van der Waals surface area contributed by atoms with Crippen LogP contribution in [0.1, 0.15) is 10.6 Å². The zero-order chi connectivity index (χ0) is 17.4. The first-order valence-electron chi connectivity index (χ1n) is 7.50. The molecular weight excluding hydrogens is 340 g/mol. The van der Waals surface area contributed by atoms with Gasteiger partial charge in [0.2, 0.25) is 0 Å². The average molecular weight is 351 g/mol. The number of carbonyl (C=O) groups is 1. The number of hydrogen-bond acceptors (Lipinski definition) is 4. The van der Waals surface area contributed by atoms with Gasteiger partial charge < -0.3 is 9.73 Å². The van der Waals surface area contributed by atoms with Crippen LogP contribution in [-0.2, 0) is 0 Å². The van der Waals surface area contributed by atoms with Gasteiger partial charge >= 0.3 is 0 Å². The standard InChI is InChI=1S/C19H11ClN2O3/c20-12-6-7-16-13(9-12)15(23)10-17(25-16)19(24)22-14-5-1-3-11-4-2-8-21-18(11)14/h1-10H,(H,22,24). The second kappa shape index (κ2) is 6.03. The molecule has 1 amide bonds. The van der Waals surface area contributed by atoms with Gasteiger partial charge in [0.05, 0.1) is 16.6 Å². The second-order valence-electron chi connectivity index (χ2n) is 5.45. The van der Waals surface area contributed by atoms with Crippen LogP contribution in [0.3, 0.4) is 0 Å². The largest absolute Gasteiger partial charge is 0.451 e. The van der Waals surface area contributed by atoms with Gasteiger partial charge in [-0.2, -0.15) is 0 Å². The van der Waals surface area contributed by atoms with Gasteiger partial charge in [0, 0.05) is 22.7 Å². The number of halogens is 1. The van der Waals surface area contributed by atoms with Crippen LogP contribution in [0.4, 0.5) is 5.69 Å². The van der Waals surface area contributed by atoms with Crippen LogP contribution in [0.5, 0.6) is 0 Å². The van der Waals surface area contributed by atoms with Crippen LogP contribution in [0.2, 0.25) is 5.02 Å². The number of carbonyl (C=O) groups excluding carboxylic acids is 1. The van der Waals surface area contributed by atoms with Gasteiger partial charge in [-0.3, -0.25) is 14.6 Å². The Balaban J connectivity index is 1.75. The van der Waals surface area contributed by atoms with Crippen LogP contribution in [0.15, 0.2) is 70.0 Å².